The van der Waals surface area contributed by atoms with Crippen molar-refractivity contribution in [1.29, 1.82) is 0 Å². The Balaban J connectivity index is 2.22. The van der Waals surface area contributed by atoms with Crippen LogP contribution in [0.1, 0.15) is 29.8 Å². The van der Waals surface area contributed by atoms with Gasteiger partial charge in [0.2, 0.25) is 0 Å². The molecule has 0 saturated carbocycles. The molecule has 0 spiro atoms. The zero-order chi connectivity index (χ0) is 13.7. The summed E-state index contributed by atoms with van der Waals surface area (Å²) >= 11 is 0. The van der Waals surface area contributed by atoms with E-state index < -0.39 is 0 Å². The van der Waals surface area contributed by atoms with Crippen molar-refractivity contribution in [2.24, 2.45) is 0 Å². The van der Waals surface area contributed by atoms with Crippen LogP contribution in [0.2, 0.25) is 0 Å². The first-order valence-corrected chi connectivity index (χ1v) is 7.02. The van der Waals surface area contributed by atoms with Gasteiger partial charge in [0, 0.05) is 31.9 Å². The average Bonchev–Trinajstić information content (AvgIpc) is 2.47. The predicted molar refractivity (Wildman–Crippen MR) is 76.9 cm³/mol. The van der Waals surface area contributed by atoms with Crippen molar-refractivity contribution in [3.05, 3.63) is 29.3 Å². The summed E-state index contributed by atoms with van der Waals surface area (Å²) in [6, 6.07) is 6.04. The topological polar surface area (TPSA) is 41.6 Å². The number of nitrogens with zero attached hydrogens (tertiary/aromatic N) is 1. The fourth-order valence-electron chi connectivity index (χ4n) is 2.40. The molecule has 0 unspecified atom stereocenters. The second kappa shape index (κ2) is 6.57. The maximum atomic E-state index is 11.9. The van der Waals surface area contributed by atoms with Gasteiger partial charge in [-0.25, -0.2) is 4.79 Å². The van der Waals surface area contributed by atoms with Crippen molar-refractivity contribution in [2.45, 2.75) is 20.3 Å². The molecule has 0 bridgehead atoms. The SMILES string of the molecule is CCOC(=O)c1ccc(N2CCNCC2)cc1CC. The van der Waals surface area contributed by atoms with Gasteiger partial charge in [-0.3, -0.25) is 0 Å². The summed E-state index contributed by atoms with van der Waals surface area (Å²) < 4.78 is 5.09. The van der Waals surface area contributed by atoms with E-state index in [1.54, 1.807) is 0 Å². The molecule has 1 aliphatic heterocycles. The molecule has 0 amide bonds. The number of rotatable bonds is 4. The number of carbonyl (C=O) groups excluding carboxylic acids is 1. The van der Waals surface area contributed by atoms with Crippen LogP contribution >= 0.6 is 0 Å². The first-order chi connectivity index (χ1) is 9.26. The molecule has 1 heterocycles. The maximum absolute atomic E-state index is 11.9. The zero-order valence-electron chi connectivity index (χ0n) is 11.7. The summed E-state index contributed by atoms with van der Waals surface area (Å²) in [7, 11) is 0. The Morgan fingerprint density at radius 3 is 2.68 bits per heavy atom. The van der Waals surface area contributed by atoms with E-state index in [1.807, 2.05) is 19.1 Å². The van der Waals surface area contributed by atoms with E-state index in [4.69, 9.17) is 4.74 Å². The summed E-state index contributed by atoms with van der Waals surface area (Å²) in [6.45, 7) is 8.38. The largest absolute Gasteiger partial charge is 0.462 e. The Hall–Kier alpha value is -1.55. The molecule has 1 aromatic rings. The molecule has 1 aromatic carbocycles. The number of benzene rings is 1. The minimum absolute atomic E-state index is 0.216. The minimum atomic E-state index is -0.216. The number of carbonyl (C=O) groups is 1. The van der Waals surface area contributed by atoms with Crippen LogP contribution in [0.4, 0.5) is 5.69 Å². The zero-order valence-corrected chi connectivity index (χ0v) is 11.7. The van der Waals surface area contributed by atoms with Crippen molar-refractivity contribution in [3.8, 4) is 0 Å². The van der Waals surface area contributed by atoms with Crippen molar-refractivity contribution >= 4 is 11.7 Å². The highest BCUT2D eigenvalue weighted by atomic mass is 16.5. The van der Waals surface area contributed by atoms with Crippen molar-refractivity contribution in [1.82, 2.24) is 5.32 Å². The first-order valence-electron chi connectivity index (χ1n) is 7.02. The maximum Gasteiger partial charge on any atom is 0.338 e. The monoisotopic (exact) mass is 262 g/mol. The van der Waals surface area contributed by atoms with Gasteiger partial charge >= 0.3 is 5.97 Å². The van der Waals surface area contributed by atoms with Gasteiger partial charge in [-0.05, 0) is 37.1 Å². The quantitative estimate of drug-likeness (QED) is 0.841. The number of aryl methyl sites for hydroxylation is 1. The molecule has 0 aliphatic carbocycles. The van der Waals surface area contributed by atoms with Crippen LogP contribution in [-0.4, -0.2) is 38.8 Å². The fourth-order valence-corrected chi connectivity index (χ4v) is 2.40. The predicted octanol–water partition coefficient (Wildman–Crippen LogP) is 1.84. The third-order valence-corrected chi connectivity index (χ3v) is 3.45. The van der Waals surface area contributed by atoms with E-state index in [9.17, 15) is 4.79 Å². The van der Waals surface area contributed by atoms with E-state index in [1.165, 1.54) is 5.69 Å². The Labute approximate surface area is 114 Å². The van der Waals surface area contributed by atoms with Crippen LogP contribution in [0, 0.1) is 0 Å². The van der Waals surface area contributed by atoms with Crippen LogP contribution in [0.25, 0.3) is 0 Å². The molecule has 0 atom stereocenters. The lowest BCUT2D eigenvalue weighted by Gasteiger charge is -2.30. The van der Waals surface area contributed by atoms with Gasteiger partial charge in [-0.2, -0.15) is 0 Å². The summed E-state index contributed by atoms with van der Waals surface area (Å²) in [6.07, 6.45) is 0.841. The van der Waals surface area contributed by atoms with Crippen LogP contribution in [0.15, 0.2) is 18.2 Å². The molecule has 2 rings (SSSR count). The Morgan fingerprint density at radius 1 is 1.32 bits per heavy atom. The molecular weight excluding hydrogens is 240 g/mol. The Morgan fingerprint density at radius 2 is 2.05 bits per heavy atom. The number of nitrogens with one attached hydrogen (secondary N) is 1. The normalized spacial score (nSPS) is 15.4. The van der Waals surface area contributed by atoms with E-state index >= 15 is 0 Å². The molecule has 1 aliphatic rings. The number of hydrogen-bond donors (Lipinski definition) is 1. The van der Waals surface area contributed by atoms with Crippen LogP contribution < -0.4 is 10.2 Å². The van der Waals surface area contributed by atoms with E-state index in [0.29, 0.717) is 12.2 Å². The second-order valence-electron chi connectivity index (χ2n) is 4.65. The van der Waals surface area contributed by atoms with E-state index in [0.717, 1.165) is 38.2 Å². The second-order valence-corrected chi connectivity index (χ2v) is 4.65. The fraction of sp³-hybridized carbons (Fsp3) is 0.533. The van der Waals surface area contributed by atoms with Gasteiger partial charge in [0.1, 0.15) is 0 Å². The van der Waals surface area contributed by atoms with Crippen LogP contribution in [0.5, 0.6) is 0 Å². The molecule has 1 fully saturated rings. The van der Waals surface area contributed by atoms with Gasteiger partial charge in [0.15, 0.2) is 0 Å². The smallest absolute Gasteiger partial charge is 0.338 e. The highest BCUT2D eigenvalue weighted by molar-refractivity contribution is 5.91. The summed E-state index contributed by atoms with van der Waals surface area (Å²) in [4.78, 5) is 14.2. The molecule has 19 heavy (non-hydrogen) atoms. The lowest BCUT2D eigenvalue weighted by Crippen LogP contribution is -2.43. The molecule has 0 aromatic heterocycles. The molecule has 1 N–H and O–H groups in total. The number of hydrogen-bond acceptors (Lipinski definition) is 4. The van der Waals surface area contributed by atoms with Crippen LogP contribution in [-0.2, 0) is 11.2 Å². The lowest BCUT2D eigenvalue weighted by molar-refractivity contribution is 0.0525. The minimum Gasteiger partial charge on any atom is -0.462 e. The third-order valence-electron chi connectivity index (χ3n) is 3.45. The summed E-state index contributed by atoms with van der Waals surface area (Å²) in [5, 5.41) is 3.34. The Kier molecular flexibility index (Phi) is 4.80. The van der Waals surface area contributed by atoms with Crippen LogP contribution in [0.3, 0.4) is 0 Å². The molecule has 0 radical (unpaired) electrons. The molecule has 4 heteroatoms. The lowest BCUT2D eigenvalue weighted by atomic mass is 10.0. The number of piperazine rings is 1. The van der Waals surface area contributed by atoms with Gasteiger partial charge in [0.25, 0.3) is 0 Å². The highest BCUT2D eigenvalue weighted by Crippen LogP contribution is 2.21. The van der Waals surface area contributed by atoms with E-state index in [2.05, 4.69) is 23.2 Å². The third kappa shape index (κ3) is 3.26. The highest BCUT2D eigenvalue weighted by Gasteiger charge is 2.15. The molecule has 1 saturated heterocycles. The van der Waals surface area contributed by atoms with Gasteiger partial charge < -0.3 is 15.0 Å². The van der Waals surface area contributed by atoms with Crippen molar-refractivity contribution < 1.29 is 9.53 Å². The summed E-state index contributed by atoms with van der Waals surface area (Å²) in [5.41, 5.74) is 2.96. The van der Waals surface area contributed by atoms with E-state index in [-0.39, 0.29) is 5.97 Å². The van der Waals surface area contributed by atoms with Gasteiger partial charge in [-0.15, -0.1) is 0 Å². The molecular formula is C15H22N2O2. The average molecular weight is 262 g/mol. The van der Waals surface area contributed by atoms with Crippen molar-refractivity contribution in [3.63, 3.8) is 0 Å². The molecule has 104 valence electrons. The van der Waals surface area contributed by atoms with Crippen molar-refractivity contribution in [2.75, 3.05) is 37.7 Å². The van der Waals surface area contributed by atoms with Gasteiger partial charge in [0.05, 0.1) is 12.2 Å². The first kappa shape index (κ1) is 13.9. The standard InChI is InChI=1S/C15H22N2O2/c1-3-12-11-13(17-9-7-16-8-10-17)5-6-14(12)15(18)19-4-2/h5-6,11,16H,3-4,7-10H2,1-2H3. The number of ether oxygens (including phenoxy) is 1. The number of esters is 1. The van der Waals surface area contributed by atoms with Gasteiger partial charge in [-0.1, -0.05) is 6.92 Å². The Bertz CT molecular complexity index is 440. The summed E-state index contributed by atoms with van der Waals surface area (Å²) in [5.74, 6) is -0.216. The molecule has 4 nitrogen and oxygen atoms in total. The number of anilines is 1.